The molecule has 2 aromatic rings. The van der Waals surface area contributed by atoms with Gasteiger partial charge in [-0.2, -0.15) is 0 Å². The molecule has 6 nitrogen and oxygen atoms in total. The number of nitrogens with zero attached hydrogens (tertiary/aromatic N) is 2. The summed E-state index contributed by atoms with van der Waals surface area (Å²) in [5.41, 5.74) is 3.08. The maximum atomic E-state index is 14.4. The summed E-state index contributed by atoms with van der Waals surface area (Å²) < 4.78 is 28.6. The molecule has 0 radical (unpaired) electrons. The van der Waals surface area contributed by atoms with E-state index >= 15 is 0 Å². The van der Waals surface area contributed by atoms with E-state index in [1.165, 1.54) is 18.2 Å². The number of benzene rings is 2. The minimum absolute atomic E-state index is 0.0725. The number of carbonyl (C=O) groups excluding carboxylic acids is 2. The van der Waals surface area contributed by atoms with E-state index in [0.717, 1.165) is 25.1 Å². The van der Waals surface area contributed by atoms with Crippen LogP contribution in [0.4, 0.5) is 25.8 Å². The molecule has 3 heterocycles. The highest BCUT2D eigenvalue weighted by Crippen LogP contribution is 2.36. The summed E-state index contributed by atoms with van der Waals surface area (Å²) in [6, 6.07) is 7.11. The van der Waals surface area contributed by atoms with Gasteiger partial charge in [0.05, 0.1) is 6.04 Å². The molecule has 3 atom stereocenters. The van der Waals surface area contributed by atoms with Crippen LogP contribution in [-0.2, 0) is 16.0 Å². The van der Waals surface area contributed by atoms with Crippen LogP contribution in [0, 0.1) is 24.5 Å². The standard InChI is InChI=1S/C24H26F2N4O2/c1-13-3-4-20(26)19-10-21(28-23(13)19)24(32)27-17-7-16(25)8-18(9-17)29-11-15-5-6-30(14(2)31)22(15)12-29/h3-4,7-9,15,21-22,28H,5-6,10-12H2,1-2H3,(H,27,32)/t15-,21?,22-/m1/s1. The van der Waals surface area contributed by atoms with Crippen molar-refractivity contribution in [2.24, 2.45) is 5.92 Å². The van der Waals surface area contributed by atoms with Crippen molar-refractivity contribution in [2.45, 2.75) is 38.8 Å². The van der Waals surface area contributed by atoms with Crippen LogP contribution in [0.3, 0.4) is 0 Å². The average molecular weight is 440 g/mol. The third-order valence-electron chi connectivity index (χ3n) is 6.97. The fourth-order valence-electron chi connectivity index (χ4n) is 5.35. The lowest BCUT2D eigenvalue weighted by Crippen LogP contribution is -2.38. The summed E-state index contributed by atoms with van der Waals surface area (Å²) in [6.07, 6.45) is 1.19. The van der Waals surface area contributed by atoms with Crippen molar-refractivity contribution < 1.29 is 18.4 Å². The van der Waals surface area contributed by atoms with E-state index in [1.807, 2.05) is 11.8 Å². The molecule has 3 aliphatic heterocycles. The number of amides is 2. The summed E-state index contributed by atoms with van der Waals surface area (Å²) in [4.78, 5) is 28.7. The molecular formula is C24H26F2N4O2. The summed E-state index contributed by atoms with van der Waals surface area (Å²) in [5.74, 6) is -0.663. The number of aryl methyl sites for hydroxylation is 1. The zero-order chi connectivity index (χ0) is 22.6. The maximum absolute atomic E-state index is 14.4. The Kier molecular flexibility index (Phi) is 5.03. The Balaban J connectivity index is 1.30. The van der Waals surface area contributed by atoms with Gasteiger partial charge in [0.15, 0.2) is 0 Å². The van der Waals surface area contributed by atoms with Crippen molar-refractivity contribution in [1.29, 1.82) is 0 Å². The first-order valence-electron chi connectivity index (χ1n) is 11.0. The number of anilines is 3. The minimum Gasteiger partial charge on any atom is -0.373 e. The van der Waals surface area contributed by atoms with Gasteiger partial charge in [-0.1, -0.05) is 6.07 Å². The topological polar surface area (TPSA) is 64.7 Å². The second-order valence-electron chi connectivity index (χ2n) is 9.04. The molecule has 5 rings (SSSR count). The highest BCUT2D eigenvalue weighted by Gasteiger charge is 2.42. The van der Waals surface area contributed by atoms with E-state index in [-0.39, 0.29) is 30.1 Å². The normalized spacial score (nSPS) is 23.7. The number of halogens is 2. The van der Waals surface area contributed by atoms with Gasteiger partial charge in [-0.25, -0.2) is 8.78 Å². The third kappa shape index (κ3) is 3.57. The minimum atomic E-state index is -0.623. The van der Waals surface area contributed by atoms with Crippen LogP contribution in [0.25, 0.3) is 0 Å². The highest BCUT2D eigenvalue weighted by atomic mass is 19.1. The van der Waals surface area contributed by atoms with Crippen LogP contribution in [0.5, 0.6) is 0 Å². The summed E-state index contributed by atoms with van der Waals surface area (Å²) in [7, 11) is 0. The summed E-state index contributed by atoms with van der Waals surface area (Å²) in [5, 5.41) is 5.88. The third-order valence-corrected chi connectivity index (χ3v) is 6.97. The van der Waals surface area contributed by atoms with Gasteiger partial charge in [-0.15, -0.1) is 0 Å². The van der Waals surface area contributed by atoms with Crippen LogP contribution in [0.2, 0.25) is 0 Å². The molecule has 2 amide bonds. The molecule has 1 unspecified atom stereocenters. The molecule has 0 spiro atoms. The van der Waals surface area contributed by atoms with E-state index in [9.17, 15) is 18.4 Å². The SMILES string of the molecule is CC(=O)N1CC[C@@H]2CN(c3cc(F)cc(NC(=O)C4Cc5c(F)ccc(C)c5N4)c3)C[C@H]21. The predicted octanol–water partition coefficient (Wildman–Crippen LogP) is 3.31. The van der Waals surface area contributed by atoms with E-state index in [4.69, 9.17) is 0 Å². The average Bonchev–Trinajstić information content (AvgIpc) is 3.44. The van der Waals surface area contributed by atoms with Crippen LogP contribution in [0.15, 0.2) is 30.3 Å². The van der Waals surface area contributed by atoms with Crippen molar-refractivity contribution in [3.63, 3.8) is 0 Å². The molecule has 0 saturated carbocycles. The van der Waals surface area contributed by atoms with Gasteiger partial charge in [0, 0.05) is 61.5 Å². The van der Waals surface area contributed by atoms with Crippen LogP contribution in [-0.4, -0.2) is 48.4 Å². The Morgan fingerprint density at radius 2 is 1.97 bits per heavy atom. The summed E-state index contributed by atoms with van der Waals surface area (Å²) >= 11 is 0. The van der Waals surface area contributed by atoms with Crippen molar-refractivity contribution in [3.05, 3.63) is 53.1 Å². The monoisotopic (exact) mass is 440 g/mol. The molecule has 3 aliphatic rings. The predicted molar refractivity (Wildman–Crippen MR) is 119 cm³/mol. The van der Waals surface area contributed by atoms with Gasteiger partial charge in [0.1, 0.15) is 17.7 Å². The number of hydrogen-bond donors (Lipinski definition) is 2. The first-order chi connectivity index (χ1) is 15.3. The lowest BCUT2D eigenvalue weighted by atomic mass is 10.1. The largest absolute Gasteiger partial charge is 0.373 e. The number of hydrogen-bond acceptors (Lipinski definition) is 4. The smallest absolute Gasteiger partial charge is 0.247 e. The van der Waals surface area contributed by atoms with Crippen molar-refractivity contribution in [2.75, 3.05) is 35.2 Å². The van der Waals surface area contributed by atoms with Gasteiger partial charge in [0.25, 0.3) is 0 Å². The van der Waals surface area contributed by atoms with Gasteiger partial charge in [0.2, 0.25) is 11.8 Å². The summed E-state index contributed by atoms with van der Waals surface area (Å²) in [6.45, 7) is 5.63. The maximum Gasteiger partial charge on any atom is 0.247 e. The van der Waals surface area contributed by atoms with Gasteiger partial charge >= 0.3 is 0 Å². The Bertz CT molecular complexity index is 1070. The molecule has 2 fully saturated rings. The molecule has 2 N–H and O–H groups in total. The molecule has 32 heavy (non-hydrogen) atoms. The van der Waals surface area contributed by atoms with Crippen LogP contribution >= 0.6 is 0 Å². The lowest BCUT2D eigenvalue weighted by molar-refractivity contribution is -0.129. The molecule has 2 saturated heterocycles. The molecule has 2 aromatic carbocycles. The quantitative estimate of drug-likeness (QED) is 0.769. The first-order valence-corrected chi connectivity index (χ1v) is 11.0. The number of nitrogens with one attached hydrogen (secondary N) is 2. The van der Waals surface area contributed by atoms with Crippen LogP contribution in [0.1, 0.15) is 24.5 Å². The van der Waals surface area contributed by atoms with Gasteiger partial charge < -0.3 is 20.4 Å². The number of fused-ring (bicyclic) bond motifs is 2. The Hall–Kier alpha value is -3.16. The highest BCUT2D eigenvalue weighted by molar-refractivity contribution is 5.98. The number of rotatable bonds is 3. The lowest BCUT2D eigenvalue weighted by Gasteiger charge is -2.25. The van der Waals surface area contributed by atoms with E-state index in [0.29, 0.717) is 35.1 Å². The molecule has 0 aromatic heterocycles. The van der Waals surface area contributed by atoms with Crippen LogP contribution < -0.4 is 15.5 Å². The molecule has 0 bridgehead atoms. The molecule has 0 aliphatic carbocycles. The number of carbonyl (C=O) groups is 2. The van der Waals surface area contributed by atoms with Gasteiger partial charge in [-0.05, 0) is 43.2 Å². The Morgan fingerprint density at radius 1 is 1.16 bits per heavy atom. The second-order valence-corrected chi connectivity index (χ2v) is 9.04. The Labute approximate surface area is 185 Å². The van der Waals surface area contributed by atoms with Crippen molar-refractivity contribution in [1.82, 2.24) is 4.90 Å². The van der Waals surface area contributed by atoms with Crippen molar-refractivity contribution >= 4 is 28.9 Å². The molecule has 8 heteroatoms. The fraction of sp³-hybridized carbons (Fsp3) is 0.417. The molecule has 168 valence electrons. The first kappa shape index (κ1) is 20.7. The second kappa shape index (κ2) is 7.76. The zero-order valence-electron chi connectivity index (χ0n) is 18.1. The van der Waals surface area contributed by atoms with Gasteiger partial charge in [-0.3, -0.25) is 9.59 Å². The fourth-order valence-corrected chi connectivity index (χ4v) is 5.35. The van der Waals surface area contributed by atoms with E-state index < -0.39 is 11.9 Å². The number of likely N-dealkylation sites (tertiary alicyclic amines) is 1. The van der Waals surface area contributed by atoms with Crippen molar-refractivity contribution in [3.8, 4) is 0 Å². The van der Waals surface area contributed by atoms with E-state index in [2.05, 4.69) is 15.5 Å². The Morgan fingerprint density at radius 3 is 2.72 bits per heavy atom. The zero-order valence-corrected chi connectivity index (χ0v) is 18.1. The molecular weight excluding hydrogens is 414 g/mol. The van der Waals surface area contributed by atoms with E-state index in [1.54, 1.807) is 19.1 Å².